The maximum atomic E-state index is 11.9. The molecule has 1 nitrogen and oxygen atoms in total. The molecule has 0 spiro atoms. The summed E-state index contributed by atoms with van der Waals surface area (Å²) < 4.78 is 0. The van der Waals surface area contributed by atoms with Gasteiger partial charge in [-0.2, -0.15) is 0 Å². The van der Waals surface area contributed by atoms with E-state index < -0.39 is 0 Å². The number of fused-ring (bicyclic) bond motifs is 1. The smallest absolute Gasteiger partial charge is 0.159 e. The van der Waals surface area contributed by atoms with Crippen LogP contribution in [0.1, 0.15) is 52.9 Å². The van der Waals surface area contributed by atoms with Crippen molar-refractivity contribution in [2.75, 3.05) is 0 Å². The number of ketones is 1. The van der Waals surface area contributed by atoms with Crippen LogP contribution >= 0.6 is 0 Å². The molecule has 2 rings (SSSR count). The molecule has 0 amide bonds. The van der Waals surface area contributed by atoms with Crippen molar-refractivity contribution in [3.8, 4) is 0 Å². The van der Waals surface area contributed by atoms with Crippen LogP contribution in [0.4, 0.5) is 0 Å². The van der Waals surface area contributed by atoms with E-state index in [1.807, 2.05) is 6.92 Å². The van der Waals surface area contributed by atoms with E-state index in [1.54, 1.807) is 0 Å². The van der Waals surface area contributed by atoms with Gasteiger partial charge in [-0.05, 0) is 50.0 Å². The lowest BCUT2D eigenvalue weighted by Gasteiger charge is -2.29. The molecule has 1 heteroatoms. The minimum Gasteiger partial charge on any atom is -0.295 e. The van der Waals surface area contributed by atoms with Crippen molar-refractivity contribution in [3.63, 3.8) is 0 Å². The molecule has 0 unspecified atom stereocenters. The maximum absolute atomic E-state index is 11.9. The van der Waals surface area contributed by atoms with Gasteiger partial charge in [0.25, 0.3) is 0 Å². The second-order valence-electron chi connectivity index (χ2n) is 6.04. The van der Waals surface area contributed by atoms with Crippen LogP contribution in [0.3, 0.4) is 0 Å². The van der Waals surface area contributed by atoms with Gasteiger partial charge in [-0.25, -0.2) is 0 Å². The first-order valence-electron chi connectivity index (χ1n) is 6.89. The van der Waals surface area contributed by atoms with Crippen molar-refractivity contribution in [1.29, 1.82) is 0 Å². The van der Waals surface area contributed by atoms with Crippen molar-refractivity contribution in [2.45, 2.75) is 52.9 Å². The van der Waals surface area contributed by atoms with Crippen molar-refractivity contribution >= 4 is 5.78 Å². The van der Waals surface area contributed by atoms with Crippen molar-refractivity contribution in [1.82, 2.24) is 0 Å². The third kappa shape index (κ3) is 2.38. The first-order chi connectivity index (χ1) is 8.00. The van der Waals surface area contributed by atoms with E-state index in [9.17, 15) is 4.79 Å². The SMILES string of the molecule is C=C(C)[C@@H]1CCC[C@H](C)[C@@H]2CC(=O)C(C)=C2C1. The minimum atomic E-state index is 0.388. The molecular formula is C16H24O. The monoisotopic (exact) mass is 232 g/mol. The number of allylic oxidation sites excluding steroid dienone is 3. The highest BCUT2D eigenvalue weighted by Crippen LogP contribution is 2.43. The molecular weight excluding hydrogens is 208 g/mol. The molecule has 0 saturated heterocycles. The van der Waals surface area contributed by atoms with E-state index >= 15 is 0 Å². The molecule has 0 N–H and O–H groups in total. The number of rotatable bonds is 1. The molecule has 0 radical (unpaired) electrons. The fourth-order valence-electron chi connectivity index (χ4n) is 3.46. The molecule has 0 aliphatic heterocycles. The molecule has 0 aromatic rings. The minimum absolute atomic E-state index is 0.388. The number of hydrogen-bond acceptors (Lipinski definition) is 1. The van der Waals surface area contributed by atoms with E-state index in [0.717, 1.165) is 18.4 Å². The molecule has 2 aliphatic rings. The zero-order valence-corrected chi connectivity index (χ0v) is 11.4. The first kappa shape index (κ1) is 12.6. The number of hydrogen-bond donors (Lipinski definition) is 0. The summed E-state index contributed by atoms with van der Waals surface area (Å²) in [7, 11) is 0. The van der Waals surface area contributed by atoms with Crippen LogP contribution in [0.15, 0.2) is 23.3 Å². The summed E-state index contributed by atoms with van der Waals surface area (Å²) in [5.74, 6) is 2.20. The number of carbonyl (C=O) groups excluding carboxylic acids is 1. The van der Waals surface area contributed by atoms with Gasteiger partial charge in [0.05, 0.1) is 0 Å². The third-order valence-electron chi connectivity index (χ3n) is 4.81. The van der Waals surface area contributed by atoms with E-state index in [1.165, 1.54) is 30.4 Å². The molecule has 0 aromatic carbocycles. The predicted octanol–water partition coefficient (Wildman–Crippen LogP) is 4.29. The third-order valence-corrected chi connectivity index (χ3v) is 4.81. The van der Waals surface area contributed by atoms with Crippen LogP contribution < -0.4 is 0 Å². The van der Waals surface area contributed by atoms with Gasteiger partial charge in [-0.1, -0.05) is 37.5 Å². The van der Waals surface area contributed by atoms with Crippen molar-refractivity contribution in [2.24, 2.45) is 17.8 Å². The Bertz CT molecular complexity index is 375. The zero-order chi connectivity index (χ0) is 12.6. The summed E-state index contributed by atoms with van der Waals surface area (Å²) in [6.07, 6.45) is 5.65. The molecule has 1 fully saturated rings. The van der Waals surface area contributed by atoms with Crippen LogP contribution in [0, 0.1) is 17.8 Å². The molecule has 0 bridgehead atoms. The predicted molar refractivity (Wildman–Crippen MR) is 71.8 cm³/mol. The van der Waals surface area contributed by atoms with Gasteiger partial charge in [0.1, 0.15) is 0 Å². The highest BCUT2D eigenvalue weighted by atomic mass is 16.1. The van der Waals surface area contributed by atoms with Gasteiger partial charge in [0.2, 0.25) is 0 Å². The fraction of sp³-hybridized carbons (Fsp3) is 0.688. The maximum Gasteiger partial charge on any atom is 0.159 e. The van der Waals surface area contributed by atoms with E-state index in [0.29, 0.717) is 23.5 Å². The Kier molecular flexibility index (Phi) is 3.56. The highest BCUT2D eigenvalue weighted by molar-refractivity contribution is 5.98. The average Bonchev–Trinajstić information content (AvgIpc) is 2.52. The second-order valence-corrected chi connectivity index (χ2v) is 6.04. The largest absolute Gasteiger partial charge is 0.295 e. The molecule has 0 heterocycles. The molecule has 2 aliphatic carbocycles. The molecule has 3 atom stereocenters. The van der Waals surface area contributed by atoms with Crippen LogP contribution in [-0.2, 0) is 4.79 Å². The summed E-state index contributed by atoms with van der Waals surface area (Å²) in [6.45, 7) is 10.6. The average molecular weight is 232 g/mol. The van der Waals surface area contributed by atoms with E-state index in [2.05, 4.69) is 20.4 Å². The molecule has 94 valence electrons. The zero-order valence-electron chi connectivity index (χ0n) is 11.4. The Hall–Kier alpha value is -0.850. The molecule has 17 heavy (non-hydrogen) atoms. The number of carbonyl (C=O) groups is 1. The quantitative estimate of drug-likeness (QED) is 0.616. The lowest BCUT2D eigenvalue weighted by atomic mass is 9.75. The Morgan fingerprint density at radius 3 is 2.65 bits per heavy atom. The fourth-order valence-corrected chi connectivity index (χ4v) is 3.46. The Labute approximate surface area is 105 Å². The Balaban J connectivity index is 2.28. The summed E-state index contributed by atoms with van der Waals surface area (Å²) in [5, 5.41) is 0. The van der Waals surface area contributed by atoms with Crippen LogP contribution in [0.2, 0.25) is 0 Å². The molecule has 1 saturated carbocycles. The van der Waals surface area contributed by atoms with Crippen LogP contribution in [0.5, 0.6) is 0 Å². The van der Waals surface area contributed by atoms with Gasteiger partial charge in [0, 0.05) is 6.42 Å². The molecule has 0 aromatic heterocycles. The van der Waals surface area contributed by atoms with Crippen LogP contribution in [-0.4, -0.2) is 5.78 Å². The summed E-state index contributed by atoms with van der Waals surface area (Å²) >= 11 is 0. The van der Waals surface area contributed by atoms with Gasteiger partial charge < -0.3 is 0 Å². The van der Waals surface area contributed by atoms with Crippen molar-refractivity contribution in [3.05, 3.63) is 23.3 Å². The summed E-state index contributed by atoms with van der Waals surface area (Å²) in [4.78, 5) is 11.9. The van der Waals surface area contributed by atoms with Gasteiger partial charge in [-0.15, -0.1) is 0 Å². The highest BCUT2D eigenvalue weighted by Gasteiger charge is 2.35. The normalized spacial score (nSPS) is 34.3. The summed E-state index contributed by atoms with van der Waals surface area (Å²) in [5.41, 5.74) is 3.81. The summed E-state index contributed by atoms with van der Waals surface area (Å²) in [6, 6.07) is 0. The standard InChI is InChI=1S/C16H24O/c1-10(2)13-7-5-6-11(3)14-9-16(17)12(4)15(14)8-13/h11,13-14H,1,5-9H2,2-4H3/t11-,13+,14-/m0/s1. The Morgan fingerprint density at radius 1 is 1.29 bits per heavy atom. The van der Waals surface area contributed by atoms with Gasteiger partial charge in [0.15, 0.2) is 5.78 Å². The van der Waals surface area contributed by atoms with Crippen LogP contribution in [0.25, 0.3) is 0 Å². The van der Waals surface area contributed by atoms with E-state index in [-0.39, 0.29) is 0 Å². The second kappa shape index (κ2) is 4.80. The van der Waals surface area contributed by atoms with Gasteiger partial charge in [-0.3, -0.25) is 4.79 Å². The first-order valence-corrected chi connectivity index (χ1v) is 6.89. The Morgan fingerprint density at radius 2 is 2.00 bits per heavy atom. The lowest BCUT2D eigenvalue weighted by molar-refractivity contribution is -0.115. The lowest BCUT2D eigenvalue weighted by Crippen LogP contribution is -2.18. The number of Topliss-reactive ketones (excluding diaryl/α,β-unsaturated/α-hetero) is 1. The van der Waals surface area contributed by atoms with Gasteiger partial charge >= 0.3 is 0 Å². The van der Waals surface area contributed by atoms with E-state index in [4.69, 9.17) is 0 Å². The van der Waals surface area contributed by atoms with Crippen molar-refractivity contribution < 1.29 is 4.79 Å². The topological polar surface area (TPSA) is 17.1 Å².